The van der Waals surface area contributed by atoms with Gasteiger partial charge in [-0.2, -0.15) is 13.2 Å². The molecule has 1 aromatic heterocycles. The van der Waals surface area contributed by atoms with E-state index in [0.29, 0.717) is 23.5 Å². The quantitative estimate of drug-likeness (QED) is 0.142. The molecule has 8 nitrogen and oxygen atoms in total. The van der Waals surface area contributed by atoms with Crippen LogP contribution in [0.15, 0.2) is 22.6 Å². The van der Waals surface area contributed by atoms with Gasteiger partial charge in [-0.25, -0.2) is 13.6 Å². The third kappa shape index (κ3) is 6.82. The lowest BCUT2D eigenvalue weighted by molar-refractivity contribution is -0.176. The fraction of sp³-hybridized carbons (Fsp3) is 0.609. The molecule has 2 aromatic rings. The number of methoxy groups -OCH3 is 2. The van der Waals surface area contributed by atoms with E-state index in [-0.39, 0.29) is 37.2 Å². The molecule has 0 spiro atoms. The van der Waals surface area contributed by atoms with E-state index in [1.165, 1.54) is 7.11 Å². The van der Waals surface area contributed by atoms with Crippen molar-refractivity contribution < 1.29 is 55.2 Å². The summed E-state index contributed by atoms with van der Waals surface area (Å²) in [5.41, 5.74) is -1.83. The van der Waals surface area contributed by atoms with Crippen LogP contribution in [0.2, 0.25) is 0 Å². The van der Waals surface area contributed by atoms with Crippen molar-refractivity contribution in [2.45, 2.75) is 43.4 Å². The maximum Gasteiger partial charge on any atom is 0.416 e. The Hall–Kier alpha value is -2.19. The first-order valence-corrected chi connectivity index (χ1v) is 11.8. The van der Waals surface area contributed by atoms with Crippen molar-refractivity contribution >= 4 is 34.2 Å². The number of aliphatic hydroxyl groups is 1. The molecule has 1 fully saturated rings. The molecular formula is C23H27ClF5NO7. The highest BCUT2D eigenvalue weighted by Gasteiger charge is 2.47. The van der Waals surface area contributed by atoms with Crippen LogP contribution in [0.25, 0.3) is 11.0 Å². The van der Waals surface area contributed by atoms with E-state index in [9.17, 15) is 23.1 Å². The Bertz CT molecular complexity index is 1060. The van der Waals surface area contributed by atoms with Crippen LogP contribution in [-0.2, 0) is 25.1 Å². The zero-order valence-electron chi connectivity index (χ0n) is 20.0. The highest BCUT2D eigenvalue weighted by Crippen LogP contribution is 2.41. The van der Waals surface area contributed by atoms with Gasteiger partial charge in [0.25, 0.3) is 5.92 Å². The fourth-order valence-corrected chi connectivity index (χ4v) is 4.20. The Morgan fingerprint density at radius 2 is 1.97 bits per heavy atom. The Balaban J connectivity index is 2.02. The molecule has 1 saturated heterocycles. The Kier molecular flexibility index (Phi) is 9.62. The number of alkyl halides is 6. The van der Waals surface area contributed by atoms with Gasteiger partial charge in [-0.15, -0.1) is 11.6 Å². The second-order valence-corrected chi connectivity index (χ2v) is 8.68. The first-order chi connectivity index (χ1) is 17.4. The molecule has 3 rings (SSSR count). The number of ether oxygens (including phenoxy) is 4. The number of carbonyl (C=O) groups is 1. The number of benzene rings is 1. The molecular weight excluding hydrogens is 533 g/mol. The SMILES string of the molecule is COCCOC1CCOC(C(F)(F)CN(c2c(C(=O)OC)oc3ccc(C(F)(F)F)cc23)C(O)CCl)C1. The molecule has 1 N–H and O–H groups in total. The average molecular weight is 560 g/mol. The van der Waals surface area contributed by atoms with E-state index in [4.69, 9.17) is 30.2 Å². The highest BCUT2D eigenvalue weighted by molar-refractivity contribution is 6.18. The van der Waals surface area contributed by atoms with Crippen molar-refractivity contribution in [1.29, 1.82) is 0 Å². The normalized spacial score (nSPS) is 19.7. The van der Waals surface area contributed by atoms with Gasteiger partial charge in [0.15, 0.2) is 0 Å². The second kappa shape index (κ2) is 12.1. The third-order valence-electron chi connectivity index (χ3n) is 5.87. The molecule has 1 aliphatic rings. The predicted octanol–water partition coefficient (Wildman–Crippen LogP) is 4.45. The van der Waals surface area contributed by atoms with Crippen molar-refractivity contribution in [2.24, 2.45) is 0 Å². The van der Waals surface area contributed by atoms with Gasteiger partial charge in [0.2, 0.25) is 5.76 Å². The van der Waals surface area contributed by atoms with Gasteiger partial charge in [-0.3, -0.25) is 0 Å². The molecule has 0 bridgehead atoms. The Morgan fingerprint density at radius 1 is 1.24 bits per heavy atom. The summed E-state index contributed by atoms with van der Waals surface area (Å²) in [4.78, 5) is 13.0. The number of esters is 1. The van der Waals surface area contributed by atoms with Crippen LogP contribution in [0.1, 0.15) is 29.0 Å². The van der Waals surface area contributed by atoms with E-state index >= 15 is 8.78 Å². The Morgan fingerprint density at radius 3 is 2.59 bits per heavy atom. The minimum atomic E-state index is -4.78. The van der Waals surface area contributed by atoms with Crippen LogP contribution < -0.4 is 4.90 Å². The lowest BCUT2D eigenvalue weighted by Gasteiger charge is -2.38. The molecule has 3 unspecified atom stereocenters. The summed E-state index contributed by atoms with van der Waals surface area (Å²) in [5, 5.41) is 10.2. The van der Waals surface area contributed by atoms with Crippen LogP contribution in [0.5, 0.6) is 0 Å². The lowest BCUT2D eigenvalue weighted by atomic mass is 9.99. The highest BCUT2D eigenvalue weighted by atomic mass is 35.5. The third-order valence-corrected chi connectivity index (χ3v) is 6.15. The van der Waals surface area contributed by atoms with Gasteiger partial charge >= 0.3 is 12.1 Å². The number of carbonyl (C=O) groups excluding carboxylic acids is 1. The Labute approximate surface area is 214 Å². The number of fused-ring (bicyclic) bond motifs is 1. The second-order valence-electron chi connectivity index (χ2n) is 8.37. The summed E-state index contributed by atoms with van der Waals surface area (Å²) in [5.74, 6) is -6.08. The van der Waals surface area contributed by atoms with E-state index in [1.54, 1.807) is 0 Å². The van der Waals surface area contributed by atoms with Crippen LogP contribution in [0.3, 0.4) is 0 Å². The van der Waals surface area contributed by atoms with Crippen molar-refractivity contribution in [3.63, 3.8) is 0 Å². The van der Waals surface area contributed by atoms with Gasteiger partial charge in [0.1, 0.15) is 23.6 Å². The summed E-state index contributed by atoms with van der Waals surface area (Å²) < 4.78 is 97.1. The number of hydrogen-bond donors (Lipinski definition) is 1. The maximum absolute atomic E-state index is 15.6. The molecule has 3 atom stereocenters. The molecule has 2 heterocycles. The van der Waals surface area contributed by atoms with E-state index in [0.717, 1.165) is 13.2 Å². The largest absolute Gasteiger partial charge is 0.463 e. The summed E-state index contributed by atoms with van der Waals surface area (Å²) in [6.45, 7) is -0.808. The number of aliphatic hydroxyl groups excluding tert-OH is 1. The zero-order chi connectivity index (χ0) is 27.4. The first-order valence-electron chi connectivity index (χ1n) is 11.3. The predicted molar refractivity (Wildman–Crippen MR) is 122 cm³/mol. The molecule has 0 aliphatic carbocycles. The minimum absolute atomic E-state index is 0.0209. The number of rotatable bonds is 11. The number of halogens is 6. The molecule has 14 heteroatoms. The van der Waals surface area contributed by atoms with E-state index in [1.807, 2.05) is 0 Å². The number of furan rings is 1. The number of nitrogens with zero attached hydrogens (tertiary/aromatic N) is 1. The average Bonchev–Trinajstić information content (AvgIpc) is 3.25. The lowest BCUT2D eigenvalue weighted by Crippen LogP contribution is -2.52. The summed E-state index contributed by atoms with van der Waals surface area (Å²) in [7, 11) is 2.46. The molecule has 37 heavy (non-hydrogen) atoms. The van der Waals surface area contributed by atoms with Crippen LogP contribution in [0.4, 0.5) is 27.6 Å². The minimum Gasteiger partial charge on any atom is -0.463 e. The molecule has 1 aliphatic heterocycles. The zero-order valence-corrected chi connectivity index (χ0v) is 20.8. The van der Waals surface area contributed by atoms with Gasteiger partial charge in [-0.1, -0.05) is 0 Å². The van der Waals surface area contributed by atoms with Crippen LogP contribution in [0, 0.1) is 0 Å². The monoisotopic (exact) mass is 559 g/mol. The van der Waals surface area contributed by atoms with Gasteiger partial charge < -0.3 is 33.4 Å². The van der Waals surface area contributed by atoms with E-state index in [2.05, 4.69) is 4.74 Å². The standard InChI is InChI=1S/C23H27ClF5NO7/c1-33-7-8-35-14-5-6-36-17(10-14)22(25,26)12-30(18(31)11-24)19-15-9-13(23(27,28)29)3-4-16(15)37-20(19)21(32)34-2/h3-4,9,14,17-18,31H,5-8,10-12H2,1-2H3. The van der Waals surface area contributed by atoms with Crippen molar-refractivity contribution in [2.75, 3.05) is 51.4 Å². The summed E-state index contributed by atoms with van der Waals surface area (Å²) in [6.07, 6.45) is -8.60. The van der Waals surface area contributed by atoms with Gasteiger partial charge in [-0.05, 0) is 24.6 Å². The van der Waals surface area contributed by atoms with Crippen molar-refractivity contribution in [1.82, 2.24) is 0 Å². The molecule has 1 aromatic carbocycles. The van der Waals surface area contributed by atoms with Crippen molar-refractivity contribution in [3.8, 4) is 0 Å². The van der Waals surface area contributed by atoms with Crippen LogP contribution in [-0.4, -0.2) is 81.9 Å². The molecule has 0 saturated carbocycles. The summed E-state index contributed by atoms with van der Waals surface area (Å²) >= 11 is 5.77. The number of hydrogen-bond acceptors (Lipinski definition) is 8. The first kappa shape index (κ1) is 29.4. The van der Waals surface area contributed by atoms with Gasteiger partial charge in [0.05, 0.1) is 44.4 Å². The van der Waals surface area contributed by atoms with Crippen molar-refractivity contribution in [3.05, 3.63) is 29.5 Å². The summed E-state index contributed by atoms with van der Waals surface area (Å²) in [6, 6.07) is 2.31. The maximum atomic E-state index is 15.6. The van der Waals surface area contributed by atoms with Gasteiger partial charge in [0, 0.05) is 25.5 Å². The molecule has 0 radical (unpaired) electrons. The van der Waals surface area contributed by atoms with Crippen LogP contribution >= 0.6 is 11.6 Å². The topological polar surface area (TPSA) is 90.6 Å². The fourth-order valence-electron chi connectivity index (χ4n) is 4.03. The van der Waals surface area contributed by atoms with E-state index < -0.39 is 65.9 Å². The smallest absolute Gasteiger partial charge is 0.416 e. The molecule has 208 valence electrons. The number of anilines is 1. The molecule has 0 amide bonds.